The van der Waals surface area contributed by atoms with Crippen LogP contribution in [0.5, 0.6) is 0 Å². The Hall–Kier alpha value is -1.10. The van der Waals surface area contributed by atoms with Crippen LogP contribution in [0.1, 0.15) is 47.5 Å². The number of hydrogen-bond acceptors (Lipinski definition) is 4. The second kappa shape index (κ2) is 4.88. The van der Waals surface area contributed by atoms with E-state index in [9.17, 15) is 9.59 Å². The van der Waals surface area contributed by atoms with E-state index in [1.807, 2.05) is 34.6 Å². The quantitative estimate of drug-likeness (QED) is 0.782. The zero-order chi connectivity index (χ0) is 14.1. The van der Waals surface area contributed by atoms with Crippen molar-refractivity contribution in [2.45, 2.75) is 59.4 Å². The fourth-order valence-corrected chi connectivity index (χ4v) is 2.06. The van der Waals surface area contributed by atoms with Crippen molar-refractivity contribution in [1.82, 2.24) is 0 Å². The van der Waals surface area contributed by atoms with Gasteiger partial charge >= 0.3 is 11.9 Å². The molecule has 0 spiro atoms. The minimum atomic E-state index is -1.34. The third-order valence-electron chi connectivity index (χ3n) is 2.80. The molecule has 5 heteroatoms. The Bertz CT molecular complexity index is 342. The van der Waals surface area contributed by atoms with Gasteiger partial charge in [0.15, 0.2) is 5.60 Å². The standard InChI is InChI=1S/C13H22O5/c1-8(2)6-13(7-9(14)15)10(16)17-11(18-13)12(3,4)5/h8,11H,6-7H2,1-5H3,(H,14,15)/t11-,13+/m0/s1. The molecule has 0 aromatic rings. The number of esters is 1. The van der Waals surface area contributed by atoms with Gasteiger partial charge in [-0.05, 0) is 12.3 Å². The van der Waals surface area contributed by atoms with Crippen LogP contribution in [0.15, 0.2) is 0 Å². The first-order valence-electron chi connectivity index (χ1n) is 6.17. The Morgan fingerprint density at radius 2 is 2.00 bits per heavy atom. The summed E-state index contributed by atoms with van der Waals surface area (Å²) < 4.78 is 10.9. The monoisotopic (exact) mass is 258 g/mol. The predicted molar refractivity (Wildman–Crippen MR) is 64.9 cm³/mol. The van der Waals surface area contributed by atoms with Gasteiger partial charge in [-0.15, -0.1) is 0 Å². The number of carbonyl (C=O) groups is 2. The van der Waals surface area contributed by atoms with Gasteiger partial charge in [0.1, 0.15) is 0 Å². The second-order valence-corrected chi connectivity index (χ2v) is 6.38. The van der Waals surface area contributed by atoms with E-state index in [1.165, 1.54) is 0 Å². The van der Waals surface area contributed by atoms with Crippen molar-refractivity contribution >= 4 is 11.9 Å². The molecule has 0 unspecified atom stereocenters. The summed E-state index contributed by atoms with van der Waals surface area (Å²) in [5.74, 6) is -1.46. The third kappa shape index (κ3) is 3.22. The molecule has 0 aliphatic carbocycles. The van der Waals surface area contributed by atoms with Gasteiger partial charge in [0, 0.05) is 5.41 Å². The van der Waals surface area contributed by atoms with E-state index >= 15 is 0 Å². The number of carboxylic acid groups (broad SMARTS) is 1. The number of ether oxygens (including phenoxy) is 2. The molecular formula is C13H22O5. The third-order valence-corrected chi connectivity index (χ3v) is 2.80. The van der Waals surface area contributed by atoms with E-state index in [1.54, 1.807) is 0 Å². The molecule has 1 aliphatic heterocycles. The molecule has 0 amide bonds. The van der Waals surface area contributed by atoms with Crippen LogP contribution in [-0.4, -0.2) is 28.9 Å². The molecule has 18 heavy (non-hydrogen) atoms. The lowest BCUT2D eigenvalue weighted by molar-refractivity contribution is -0.162. The fourth-order valence-electron chi connectivity index (χ4n) is 2.06. The lowest BCUT2D eigenvalue weighted by Gasteiger charge is -2.28. The van der Waals surface area contributed by atoms with Crippen molar-refractivity contribution in [3.05, 3.63) is 0 Å². The summed E-state index contributed by atoms with van der Waals surface area (Å²) in [6, 6.07) is 0. The molecule has 0 aromatic carbocycles. The van der Waals surface area contributed by atoms with Crippen molar-refractivity contribution in [2.75, 3.05) is 0 Å². The van der Waals surface area contributed by atoms with Crippen LogP contribution in [0, 0.1) is 11.3 Å². The van der Waals surface area contributed by atoms with Crippen LogP contribution in [-0.2, 0) is 19.1 Å². The Morgan fingerprint density at radius 1 is 1.44 bits per heavy atom. The van der Waals surface area contributed by atoms with Gasteiger partial charge in [-0.2, -0.15) is 0 Å². The molecule has 104 valence electrons. The highest BCUT2D eigenvalue weighted by atomic mass is 16.8. The second-order valence-electron chi connectivity index (χ2n) is 6.38. The molecular weight excluding hydrogens is 236 g/mol. The average Bonchev–Trinajstić information content (AvgIpc) is 2.40. The molecule has 2 atom stereocenters. The Balaban J connectivity index is 2.97. The topological polar surface area (TPSA) is 72.8 Å². The number of aliphatic carboxylic acids is 1. The molecule has 0 aromatic heterocycles. The Morgan fingerprint density at radius 3 is 2.33 bits per heavy atom. The SMILES string of the molecule is CC(C)C[C@]1(CC(=O)O)O[C@@H](C(C)(C)C)OC1=O. The Labute approximate surface area is 107 Å². The highest BCUT2D eigenvalue weighted by molar-refractivity contribution is 5.86. The van der Waals surface area contributed by atoms with Gasteiger partial charge < -0.3 is 14.6 Å². The smallest absolute Gasteiger partial charge is 0.341 e. The first kappa shape index (κ1) is 15.0. The van der Waals surface area contributed by atoms with E-state index in [2.05, 4.69) is 0 Å². The molecule has 1 saturated heterocycles. The molecule has 1 rings (SSSR count). The summed E-state index contributed by atoms with van der Waals surface area (Å²) >= 11 is 0. The van der Waals surface area contributed by atoms with Gasteiger partial charge in [-0.25, -0.2) is 4.79 Å². The van der Waals surface area contributed by atoms with E-state index in [-0.39, 0.29) is 17.8 Å². The molecule has 1 N–H and O–H groups in total. The minimum absolute atomic E-state index is 0.149. The first-order valence-corrected chi connectivity index (χ1v) is 6.17. The zero-order valence-electron chi connectivity index (χ0n) is 11.6. The summed E-state index contributed by atoms with van der Waals surface area (Å²) in [4.78, 5) is 23.0. The van der Waals surface area contributed by atoms with E-state index in [4.69, 9.17) is 14.6 Å². The molecule has 0 bridgehead atoms. The number of cyclic esters (lactones) is 1. The van der Waals surface area contributed by atoms with Crippen molar-refractivity contribution in [2.24, 2.45) is 11.3 Å². The Kier molecular flexibility index (Phi) is 4.05. The van der Waals surface area contributed by atoms with Crippen molar-refractivity contribution in [3.63, 3.8) is 0 Å². The molecule has 1 fully saturated rings. The lowest BCUT2D eigenvalue weighted by atomic mass is 9.89. The maximum absolute atomic E-state index is 12.0. The average molecular weight is 258 g/mol. The number of rotatable bonds is 4. The van der Waals surface area contributed by atoms with Crippen molar-refractivity contribution < 1.29 is 24.2 Å². The van der Waals surface area contributed by atoms with Crippen LogP contribution in [0.25, 0.3) is 0 Å². The van der Waals surface area contributed by atoms with Crippen molar-refractivity contribution in [3.8, 4) is 0 Å². The van der Waals surface area contributed by atoms with Gasteiger partial charge in [0.05, 0.1) is 6.42 Å². The summed E-state index contributed by atoms with van der Waals surface area (Å²) in [5, 5.41) is 8.97. The van der Waals surface area contributed by atoms with Gasteiger partial charge in [-0.3, -0.25) is 4.79 Å². The minimum Gasteiger partial charge on any atom is -0.481 e. The first-order chi connectivity index (χ1) is 8.07. The molecule has 1 heterocycles. The van der Waals surface area contributed by atoms with E-state index in [0.717, 1.165) is 0 Å². The van der Waals surface area contributed by atoms with E-state index in [0.29, 0.717) is 6.42 Å². The normalized spacial score (nSPS) is 28.6. The van der Waals surface area contributed by atoms with Crippen LogP contribution in [0.2, 0.25) is 0 Å². The zero-order valence-corrected chi connectivity index (χ0v) is 11.6. The van der Waals surface area contributed by atoms with Gasteiger partial charge in [-0.1, -0.05) is 34.6 Å². The summed E-state index contributed by atoms with van der Waals surface area (Å²) in [5.41, 5.74) is -1.70. The molecule has 1 aliphatic rings. The highest BCUT2D eigenvalue weighted by Crippen LogP contribution is 2.40. The van der Waals surface area contributed by atoms with Crippen LogP contribution in [0.4, 0.5) is 0 Å². The summed E-state index contributed by atoms with van der Waals surface area (Å²) in [6.45, 7) is 9.50. The predicted octanol–water partition coefficient (Wildman–Crippen LogP) is 2.19. The maximum atomic E-state index is 12.0. The molecule has 0 radical (unpaired) electrons. The fraction of sp³-hybridized carbons (Fsp3) is 0.846. The lowest BCUT2D eigenvalue weighted by Crippen LogP contribution is -2.41. The van der Waals surface area contributed by atoms with E-state index < -0.39 is 23.8 Å². The summed E-state index contributed by atoms with van der Waals surface area (Å²) in [6.07, 6.45) is -0.690. The van der Waals surface area contributed by atoms with Crippen LogP contribution < -0.4 is 0 Å². The van der Waals surface area contributed by atoms with Gasteiger partial charge in [0.2, 0.25) is 6.29 Å². The van der Waals surface area contributed by atoms with Crippen molar-refractivity contribution in [1.29, 1.82) is 0 Å². The highest BCUT2D eigenvalue weighted by Gasteiger charge is 2.54. The van der Waals surface area contributed by atoms with Crippen LogP contribution in [0.3, 0.4) is 0 Å². The van der Waals surface area contributed by atoms with Gasteiger partial charge in [0.25, 0.3) is 0 Å². The largest absolute Gasteiger partial charge is 0.481 e. The number of carbonyl (C=O) groups excluding carboxylic acids is 1. The summed E-state index contributed by atoms with van der Waals surface area (Å²) in [7, 11) is 0. The number of carboxylic acids is 1. The molecule has 0 saturated carbocycles. The maximum Gasteiger partial charge on any atom is 0.341 e. The molecule has 5 nitrogen and oxygen atoms in total. The van der Waals surface area contributed by atoms with Crippen LogP contribution >= 0.6 is 0 Å². The number of hydrogen-bond donors (Lipinski definition) is 1.